The van der Waals surface area contributed by atoms with Crippen molar-refractivity contribution < 1.29 is 19.5 Å². The van der Waals surface area contributed by atoms with E-state index in [1.54, 1.807) is 24.3 Å². The first-order valence-corrected chi connectivity index (χ1v) is 8.58. The Morgan fingerprint density at radius 3 is 1.97 bits per heavy atom. The third kappa shape index (κ3) is 5.35. The van der Waals surface area contributed by atoms with Gasteiger partial charge in [-0.05, 0) is 48.0 Å². The van der Waals surface area contributed by atoms with Gasteiger partial charge >= 0.3 is 5.69 Å². The summed E-state index contributed by atoms with van der Waals surface area (Å²) in [6, 6.07) is 15.3. The second-order valence-corrected chi connectivity index (χ2v) is 6.01. The molecule has 12 nitrogen and oxygen atoms in total. The summed E-state index contributed by atoms with van der Waals surface area (Å²) in [5.41, 5.74) is 3.02. The van der Waals surface area contributed by atoms with Crippen LogP contribution in [0.15, 0.2) is 71.8 Å². The molecule has 0 unspecified atom stereocenters. The fourth-order valence-electron chi connectivity index (χ4n) is 2.44. The summed E-state index contributed by atoms with van der Waals surface area (Å²) in [7, 11) is 0. The Balaban J connectivity index is 1.66. The Labute approximate surface area is 173 Å². The van der Waals surface area contributed by atoms with Crippen LogP contribution in [0.5, 0.6) is 11.5 Å². The molecule has 0 spiro atoms. The number of ether oxygens (including phenoxy) is 1. The highest BCUT2D eigenvalue weighted by Gasteiger charge is 2.21. The number of anilines is 1. The molecule has 0 amide bonds. The van der Waals surface area contributed by atoms with Gasteiger partial charge in [-0.15, -0.1) is 0 Å². The molecule has 0 aliphatic carbocycles. The standard InChI is InChI=1S/C19H13N5O7/c25-22(26)15-5-3-14(4-6-15)21-20-12-13-1-8-17(9-2-13)31-19-10-7-16(23(27)28)11-18(19)24(29)30/h1-12,21H/b20-12-. The maximum atomic E-state index is 11.2. The van der Waals surface area contributed by atoms with E-state index >= 15 is 0 Å². The van der Waals surface area contributed by atoms with Crippen LogP contribution < -0.4 is 10.2 Å². The normalized spacial score (nSPS) is 10.6. The number of nitrogens with zero attached hydrogens (tertiary/aromatic N) is 4. The van der Waals surface area contributed by atoms with E-state index in [0.29, 0.717) is 11.3 Å². The van der Waals surface area contributed by atoms with Crippen LogP contribution in [0.25, 0.3) is 0 Å². The molecule has 0 radical (unpaired) electrons. The van der Waals surface area contributed by atoms with Crippen molar-refractivity contribution in [3.05, 3.63) is 103 Å². The number of nitro groups is 3. The number of nitro benzene ring substituents is 3. The number of non-ortho nitro benzene ring substituents is 2. The maximum Gasteiger partial charge on any atom is 0.318 e. The first-order chi connectivity index (χ1) is 14.8. The molecule has 0 saturated heterocycles. The molecule has 0 aliphatic heterocycles. The molecular weight excluding hydrogens is 410 g/mol. The quantitative estimate of drug-likeness (QED) is 0.311. The highest BCUT2D eigenvalue weighted by molar-refractivity contribution is 5.80. The predicted octanol–water partition coefficient (Wildman–Crippen LogP) is 4.65. The van der Waals surface area contributed by atoms with Gasteiger partial charge in [0.2, 0.25) is 5.75 Å². The van der Waals surface area contributed by atoms with E-state index < -0.39 is 26.1 Å². The van der Waals surface area contributed by atoms with E-state index in [4.69, 9.17) is 4.74 Å². The Morgan fingerprint density at radius 1 is 0.774 bits per heavy atom. The van der Waals surface area contributed by atoms with Gasteiger partial charge in [-0.1, -0.05) is 0 Å². The SMILES string of the molecule is O=[N+]([O-])c1ccc(N/N=C\c2ccc(Oc3ccc([N+](=O)[O-])cc3[N+](=O)[O-])cc2)cc1. The largest absolute Gasteiger partial charge is 0.450 e. The number of benzene rings is 3. The number of hydrogen-bond donors (Lipinski definition) is 1. The van der Waals surface area contributed by atoms with Crippen LogP contribution in [-0.4, -0.2) is 21.0 Å². The van der Waals surface area contributed by atoms with Gasteiger partial charge in [0.25, 0.3) is 11.4 Å². The highest BCUT2D eigenvalue weighted by atomic mass is 16.6. The van der Waals surface area contributed by atoms with E-state index in [0.717, 1.165) is 12.1 Å². The lowest BCUT2D eigenvalue weighted by atomic mass is 10.2. The van der Waals surface area contributed by atoms with Crippen LogP contribution in [0, 0.1) is 30.3 Å². The molecule has 3 aromatic carbocycles. The van der Waals surface area contributed by atoms with Crippen molar-refractivity contribution in [2.24, 2.45) is 5.10 Å². The lowest BCUT2D eigenvalue weighted by Crippen LogP contribution is -1.96. The molecule has 3 rings (SSSR count). The van der Waals surface area contributed by atoms with E-state index in [1.165, 1.54) is 36.5 Å². The van der Waals surface area contributed by atoms with E-state index in [-0.39, 0.29) is 17.2 Å². The van der Waals surface area contributed by atoms with Crippen LogP contribution in [0.3, 0.4) is 0 Å². The molecule has 0 heterocycles. The van der Waals surface area contributed by atoms with Gasteiger partial charge in [-0.2, -0.15) is 5.10 Å². The minimum absolute atomic E-state index is 0.0293. The predicted molar refractivity (Wildman–Crippen MR) is 111 cm³/mol. The zero-order valence-corrected chi connectivity index (χ0v) is 15.6. The number of rotatable bonds is 8. The molecule has 31 heavy (non-hydrogen) atoms. The highest BCUT2D eigenvalue weighted by Crippen LogP contribution is 2.34. The molecule has 3 aromatic rings. The summed E-state index contributed by atoms with van der Waals surface area (Å²) < 4.78 is 5.49. The lowest BCUT2D eigenvalue weighted by Gasteiger charge is -2.06. The molecule has 1 N–H and O–H groups in total. The van der Waals surface area contributed by atoms with Gasteiger partial charge in [-0.25, -0.2) is 0 Å². The van der Waals surface area contributed by atoms with Crippen molar-refractivity contribution in [1.29, 1.82) is 0 Å². The molecule has 0 bridgehead atoms. The molecule has 0 fully saturated rings. The van der Waals surface area contributed by atoms with Crippen LogP contribution in [0.2, 0.25) is 0 Å². The average molecular weight is 423 g/mol. The molecule has 0 atom stereocenters. The van der Waals surface area contributed by atoms with Gasteiger partial charge in [0.1, 0.15) is 5.75 Å². The Morgan fingerprint density at radius 2 is 1.39 bits per heavy atom. The third-order valence-corrected chi connectivity index (χ3v) is 3.94. The fourth-order valence-corrected chi connectivity index (χ4v) is 2.44. The first-order valence-electron chi connectivity index (χ1n) is 8.58. The van der Waals surface area contributed by atoms with Gasteiger partial charge in [-0.3, -0.25) is 35.8 Å². The summed E-state index contributed by atoms with van der Waals surface area (Å²) in [5.74, 6) is 0.161. The van der Waals surface area contributed by atoms with E-state index in [2.05, 4.69) is 10.5 Å². The van der Waals surface area contributed by atoms with Crippen molar-refractivity contribution in [3.63, 3.8) is 0 Å². The molecule has 12 heteroatoms. The monoisotopic (exact) mass is 423 g/mol. The zero-order valence-electron chi connectivity index (χ0n) is 15.6. The van der Waals surface area contributed by atoms with E-state index in [1.807, 2.05) is 0 Å². The minimum Gasteiger partial charge on any atom is -0.450 e. The minimum atomic E-state index is -0.757. The van der Waals surface area contributed by atoms with Gasteiger partial charge in [0, 0.05) is 18.2 Å². The molecule has 0 aliphatic rings. The zero-order chi connectivity index (χ0) is 22.4. The molecular formula is C19H13N5O7. The number of hydrazone groups is 1. The summed E-state index contributed by atoms with van der Waals surface area (Å²) in [6.45, 7) is 0. The first kappa shape index (κ1) is 20.9. The van der Waals surface area contributed by atoms with Gasteiger partial charge in [0.05, 0.1) is 32.7 Å². The van der Waals surface area contributed by atoms with Crippen molar-refractivity contribution in [2.75, 3.05) is 5.43 Å². The fraction of sp³-hybridized carbons (Fsp3) is 0. The number of nitrogens with one attached hydrogen (secondary N) is 1. The smallest absolute Gasteiger partial charge is 0.318 e. The molecule has 156 valence electrons. The van der Waals surface area contributed by atoms with Crippen LogP contribution in [0.4, 0.5) is 22.7 Å². The number of hydrogen-bond acceptors (Lipinski definition) is 9. The summed E-state index contributed by atoms with van der Waals surface area (Å²) in [4.78, 5) is 30.6. The molecule has 0 saturated carbocycles. The van der Waals surface area contributed by atoms with Crippen molar-refractivity contribution in [3.8, 4) is 11.5 Å². The van der Waals surface area contributed by atoms with Crippen LogP contribution in [-0.2, 0) is 0 Å². The summed E-state index contributed by atoms with van der Waals surface area (Å²) >= 11 is 0. The second-order valence-electron chi connectivity index (χ2n) is 6.01. The molecule has 0 aromatic heterocycles. The van der Waals surface area contributed by atoms with Gasteiger partial charge < -0.3 is 4.74 Å². The Hall–Kier alpha value is -4.87. The topological polar surface area (TPSA) is 163 Å². The maximum absolute atomic E-state index is 11.2. The average Bonchev–Trinajstić information content (AvgIpc) is 2.75. The summed E-state index contributed by atoms with van der Waals surface area (Å²) in [6.07, 6.45) is 1.50. The van der Waals surface area contributed by atoms with Gasteiger partial charge in [0.15, 0.2) is 0 Å². The van der Waals surface area contributed by atoms with Crippen molar-refractivity contribution >= 4 is 29.0 Å². The van der Waals surface area contributed by atoms with E-state index in [9.17, 15) is 30.3 Å². The lowest BCUT2D eigenvalue weighted by molar-refractivity contribution is -0.394. The van der Waals surface area contributed by atoms with Crippen LogP contribution >= 0.6 is 0 Å². The Kier molecular flexibility index (Phi) is 6.11. The Bertz CT molecular complexity index is 1160. The second kappa shape index (κ2) is 9.09. The van der Waals surface area contributed by atoms with Crippen molar-refractivity contribution in [1.82, 2.24) is 0 Å². The van der Waals surface area contributed by atoms with Crippen LogP contribution in [0.1, 0.15) is 5.56 Å². The third-order valence-electron chi connectivity index (χ3n) is 3.94. The summed E-state index contributed by atoms with van der Waals surface area (Å²) in [5, 5.41) is 36.6. The van der Waals surface area contributed by atoms with Crippen molar-refractivity contribution in [2.45, 2.75) is 0 Å².